The predicted molar refractivity (Wildman–Crippen MR) is 249 cm³/mol. The van der Waals surface area contributed by atoms with Crippen molar-refractivity contribution >= 4 is 29.8 Å². The van der Waals surface area contributed by atoms with Crippen molar-refractivity contribution in [3.63, 3.8) is 0 Å². The summed E-state index contributed by atoms with van der Waals surface area (Å²) < 4.78 is 69.5. The molecule has 3 fully saturated rings. The highest BCUT2D eigenvalue weighted by molar-refractivity contribution is 5.92. The maximum atomic E-state index is 14.3. The number of methoxy groups -OCH3 is 1. The van der Waals surface area contributed by atoms with Crippen molar-refractivity contribution in [3.8, 4) is 0 Å². The Hall–Kier alpha value is -7.57. The summed E-state index contributed by atoms with van der Waals surface area (Å²) in [4.78, 5) is 70.2. The molecule has 71 heavy (non-hydrogen) atoms. The molecule has 3 saturated heterocycles. The Morgan fingerprint density at radius 1 is 0.437 bits per heavy atom. The van der Waals surface area contributed by atoms with Crippen LogP contribution < -0.4 is 0 Å². The van der Waals surface area contributed by atoms with Crippen molar-refractivity contribution in [1.29, 1.82) is 0 Å². The average Bonchev–Trinajstić information content (AvgIpc) is 3.43. The van der Waals surface area contributed by atoms with Crippen LogP contribution in [0.25, 0.3) is 0 Å². The number of benzene rings is 6. The molecule has 0 radical (unpaired) electrons. The standard InChI is InChI=1S/C55H48O16/c1-61-54-46(68-51(59)37-26-14-5-15-27-37)44(66-49(57)35-22-10-3-11-23-35)43(40(64-54)32-62-48(56)34-20-8-2-9-21-34)71-55-47(69-52(60)38-28-16-6-17-29-38)45(67-50(58)36-24-12-4-13-25-36)42-41(65-55)33-63-53(70-42)39-30-18-7-19-31-39/h2-31,40-47,53-55H,32-33H2,1H3/t40?,41-,42+,43?,44?,45?,46?,47?,53?,54?,55?/m0/s1. The monoisotopic (exact) mass is 964 g/mol. The van der Waals surface area contributed by atoms with E-state index in [2.05, 4.69) is 0 Å². The second-order valence-corrected chi connectivity index (χ2v) is 16.5. The van der Waals surface area contributed by atoms with Crippen molar-refractivity contribution in [2.75, 3.05) is 20.3 Å². The molecule has 0 bridgehead atoms. The van der Waals surface area contributed by atoms with Gasteiger partial charge in [0.25, 0.3) is 0 Å². The summed E-state index contributed by atoms with van der Waals surface area (Å²) in [5.41, 5.74) is 1.44. The van der Waals surface area contributed by atoms with Gasteiger partial charge in [-0.15, -0.1) is 0 Å². The van der Waals surface area contributed by atoms with Gasteiger partial charge in [-0.3, -0.25) is 0 Å². The van der Waals surface area contributed by atoms with Crippen LogP contribution in [0.3, 0.4) is 0 Å². The van der Waals surface area contributed by atoms with E-state index >= 15 is 0 Å². The summed E-state index contributed by atoms with van der Waals surface area (Å²) in [6.45, 7) is -0.695. The van der Waals surface area contributed by atoms with Gasteiger partial charge in [0.1, 0.15) is 31.0 Å². The lowest BCUT2D eigenvalue weighted by Crippen LogP contribution is -2.68. The summed E-state index contributed by atoms with van der Waals surface area (Å²) in [7, 11) is 1.29. The average molecular weight is 965 g/mol. The van der Waals surface area contributed by atoms with Crippen LogP contribution in [0.5, 0.6) is 0 Å². The van der Waals surface area contributed by atoms with Crippen LogP contribution in [-0.4, -0.2) is 112 Å². The minimum absolute atomic E-state index is 0.121. The first-order valence-corrected chi connectivity index (χ1v) is 22.8. The topological polar surface area (TPSA) is 187 Å². The number of hydrogen-bond donors (Lipinski definition) is 0. The number of ether oxygens (including phenoxy) is 11. The molecule has 11 atom stereocenters. The van der Waals surface area contributed by atoms with Crippen molar-refractivity contribution in [1.82, 2.24) is 0 Å². The van der Waals surface area contributed by atoms with Crippen molar-refractivity contribution < 1.29 is 76.1 Å². The van der Waals surface area contributed by atoms with Crippen LogP contribution in [0.4, 0.5) is 0 Å². The Morgan fingerprint density at radius 3 is 1.28 bits per heavy atom. The Morgan fingerprint density at radius 2 is 0.831 bits per heavy atom. The molecule has 16 nitrogen and oxygen atoms in total. The number of fused-ring (bicyclic) bond motifs is 1. The van der Waals surface area contributed by atoms with E-state index in [-0.39, 0.29) is 34.4 Å². The number of esters is 5. The molecule has 3 aliphatic rings. The first-order chi connectivity index (χ1) is 34.7. The minimum Gasteiger partial charge on any atom is -0.459 e. The second kappa shape index (κ2) is 22.9. The van der Waals surface area contributed by atoms with Crippen molar-refractivity contribution in [3.05, 3.63) is 215 Å². The first kappa shape index (κ1) is 48.5. The molecule has 0 spiro atoms. The van der Waals surface area contributed by atoms with Crippen LogP contribution in [0.15, 0.2) is 182 Å². The molecule has 0 aliphatic carbocycles. The minimum atomic E-state index is -1.73. The van der Waals surface area contributed by atoms with Crippen LogP contribution in [0.2, 0.25) is 0 Å². The summed E-state index contributed by atoms with van der Waals surface area (Å²) in [5.74, 6) is -4.08. The van der Waals surface area contributed by atoms with Gasteiger partial charge in [0.15, 0.2) is 43.3 Å². The van der Waals surface area contributed by atoms with Crippen molar-refractivity contribution in [2.45, 2.75) is 67.7 Å². The molecular formula is C55H48O16. The fourth-order valence-corrected chi connectivity index (χ4v) is 8.36. The molecule has 0 aromatic heterocycles. The summed E-state index contributed by atoms with van der Waals surface area (Å²) in [5, 5.41) is 0. The highest BCUT2D eigenvalue weighted by atomic mass is 16.8. The first-order valence-electron chi connectivity index (χ1n) is 22.8. The Labute approximate surface area is 408 Å². The van der Waals surface area contributed by atoms with E-state index in [0.717, 1.165) is 0 Å². The molecule has 16 heteroatoms. The quantitative estimate of drug-likeness (QED) is 0.0734. The smallest absolute Gasteiger partial charge is 0.338 e. The van der Waals surface area contributed by atoms with E-state index in [1.807, 2.05) is 18.2 Å². The van der Waals surface area contributed by atoms with E-state index in [1.54, 1.807) is 127 Å². The zero-order valence-corrected chi connectivity index (χ0v) is 38.1. The van der Waals surface area contributed by atoms with Gasteiger partial charge >= 0.3 is 29.8 Å². The lowest BCUT2D eigenvalue weighted by Gasteiger charge is -2.50. The Bertz CT molecular complexity index is 2710. The molecule has 6 aromatic rings. The second-order valence-electron chi connectivity index (χ2n) is 16.5. The van der Waals surface area contributed by atoms with Gasteiger partial charge < -0.3 is 52.1 Å². The fourth-order valence-electron chi connectivity index (χ4n) is 8.36. The van der Waals surface area contributed by atoms with E-state index < -0.39 is 104 Å². The van der Waals surface area contributed by atoms with Gasteiger partial charge in [-0.1, -0.05) is 121 Å². The molecule has 0 amide bonds. The molecule has 0 saturated carbocycles. The fraction of sp³-hybridized carbons (Fsp3) is 0.255. The molecule has 3 heterocycles. The molecule has 3 aliphatic heterocycles. The third-order valence-electron chi connectivity index (χ3n) is 11.9. The maximum Gasteiger partial charge on any atom is 0.338 e. The summed E-state index contributed by atoms with van der Waals surface area (Å²) >= 11 is 0. The van der Waals surface area contributed by atoms with Gasteiger partial charge in [-0.25, -0.2) is 24.0 Å². The summed E-state index contributed by atoms with van der Waals surface area (Å²) in [6, 6.07) is 49.6. The molecule has 9 unspecified atom stereocenters. The predicted octanol–water partition coefficient (Wildman–Crippen LogP) is 7.34. The zero-order chi connectivity index (χ0) is 49.1. The molecular weight excluding hydrogens is 917 g/mol. The largest absolute Gasteiger partial charge is 0.459 e. The molecule has 0 N–H and O–H groups in total. The maximum absolute atomic E-state index is 14.3. The van der Waals surface area contributed by atoms with E-state index in [1.165, 1.54) is 43.5 Å². The Balaban J connectivity index is 1.14. The van der Waals surface area contributed by atoms with Crippen molar-refractivity contribution in [2.24, 2.45) is 0 Å². The van der Waals surface area contributed by atoms with Crippen LogP contribution in [0.1, 0.15) is 63.6 Å². The van der Waals surface area contributed by atoms with Gasteiger partial charge in [0, 0.05) is 12.7 Å². The van der Waals surface area contributed by atoms with Crippen LogP contribution in [0, 0.1) is 0 Å². The third kappa shape index (κ3) is 11.6. The van der Waals surface area contributed by atoms with Crippen LogP contribution in [-0.2, 0) is 52.1 Å². The number of rotatable bonds is 15. The number of hydrogen-bond acceptors (Lipinski definition) is 16. The molecule has 364 valence electrons. The van der Waals surface area contributed by atoms with Crippen LogP contribution >= 0.6 is 0 Å². The van der Waals surface area contributed by atoms with Gasteiger partial charge in [0.2, 0.25) is 0 Å². The van der Waals surface area contributed by atoms with E-state index in [0.29, 0.717) is 5.56 Å². The SMILES string of the molecule is COC1OC(COC(=O)c2ccccc2)C(OC2O[C@H]3COC(c4ccccc4)O[C@H]3C(OC(=O)c3ccccc3)C2OC(=O)c2ccccc2)C(OC(=O)c2ccccc2)C1OC(=O)c1ccccc1. The lowest BCUT2D eigenvalue weighted by molar-refractivity contribution is -0.382. The number of carbonyl (C=O) groups excluding carboxylic acids is 5. The molecule has 6 aromatic carbocycles. The van der Waals surface area contributed by atoms with Gasteiger partial charge in [-0.05, 0) is 60.7 Å². The third-order valence-corrected chi connectivity index (χ3v) is 11.9. The highest BCUT2D eigenvalue weighted by Gasteiger charge is 2.58. The number of carbonyl (C=O) groups is 5. The normalized spacial score (nSPS) is 25.8. The lowest BCUT2D eigenvalue weighted by atomic mass is 9.95. The molecule has 9 rings (SSSR count). The summed E-state index contributed by atoms with van der Waals surface area (Å²) in [6.07, 6.45) is -15.7. The Kier molecular flexibility index (Phi) is 15.6. The van der Waals surface area contributed by atoms with Gasteiger partial charge in [-0.2, -0.15) is 0 Å². The van der Waals surface area contributed by atoms with E-state index in [4.69, 9.17) is 52.1 Å². The zero-order valence-electron chi connectivity index (χ0n) is 38.1. The highest BCUT2D eigenvalue weighted by Crippen LogP contribution is 2.40. The van der Waals surface area contributed by atoms with E-state index in [9.17, 15) is 24.0 Å². The van der Waals surface area contributed by atoms with Gasteiger partial charge in [0.05, 0.1) is 34.4 Å².